The first kappa shape index (κ1) is 15.9. The molecule has 1 aromatic rings. The zero-order valence-corrected chi connectivity index (χ0v) is 11.7. The highest BCUT2D eigenvalue weighted by atomic mass is 16.6. The summed E-state index contributed by atoms with van der Waals surface area (Å²) in [5, 5.41) is 10.9. The number of rotatable bonds is 6. The predicted molar refractivity (Wildman–Crippen MR) is 72.6 cm³/mol. The Labute approximate surface area is 116 Å². The molecular formula is C13H18N2O5. The summed E-state index contributed by atoms with van der Waals surface area (Å²) < 4.78 is 9.92. The van der Waals surface area contributed by atoms with Gasteiger partial charge in [0.1, 0.15) is 5.54 Å². The van der Waals surface area contributed by atoms with Gasteiger partial charge < -0.3 is 15.2 Å². The third-order valence-corrected chi connectivity index (χ3v) is 2.84. The van der Waals surface area contributed by atoms with Crippen LogP contribution in [-0.2, 0) is 9.53 Å². The first-order valence-corrected chi connectivity index (χ1v) is 6.03. The number of nitro benzene ring substituents is 1. The van der Waals surface area contributed by atoms with Crippen LogP contribution in [0, 0.1) is 17.0 Å². The summed E-state index contributed by atoms with van der Waals surface area (Å²) in [6.45, 7) is 3.35. The van der Waals surface area contributed by atoms with E-state index in [-0.39, 0.29) is 24.5 Å². The Morgan fingerprint density at radius 2 is 2.15 bits per heavy atom. The Morgan fingerprint density at radius 1 is 1.50 bits per heavy atom. The van der Waals surface area contributed by atoms with Crippen LogP contribution in [0.1, 0.15) is 18.9 Å². The lowest BCUT2D eigenvalue weighted by Crippen LogP contribution is -2.46. The van der Waals surface area contributed by atoms with E-state index in [1.54, 1.807) is 13.0 Å². The van der Waals surface area contributed by atoms with Crippen molar-refractivity contribution in [3.8, 4) is 5.75 Å². The number of esters is 1. The van der Waals surface area contributed by atoms with Crippen molar-refractivity contribution < 1.29 is 19.2 Å². The van der Waals surface area contributed by atoms with E-state index in [2.05, 4.69) is 4.74 Å². The minimum absolute atomic E-state index is 0.0754. The van der Waals surface area contributed by atoms with Crippen molar-refractivity contribution in [2.24, 2.45) is 5.73 Å². The molecule has 1 aromatic carbocycles. The Kier molecular flexibility index (Phi) is 5.04. The first-order chi connectivity index (χ1) is 9.27. The van der Waals surface area contributed by atoms with Crippen LogP contribution in [0.15, 0.2) is 18.2 Å². The van der Waals surface area contributed by atoms with E-state index in [9.17, 15) is 14.9 Å². The highest BCUT2D eigenvalue weighted by molar-refractivity contribution is 5.79. The normalized spacial score (nSPS) is 13.4. The van der Waals surface area contributed by atoms with Crippen LogP contribution in [0.5, 0.6) is 5.75 Å². The van der Waals surface area contributed by atoms with E-state index in [0.717, 1.165) is 5.56 Å². The average molecular weight is 282 g/mol. The molecule has 0 aromatic heterocycles. The van der Waals surface area contributed by atoms with Crippen molar-refractivity contribution in [2.75, 3.05) is 13.7 Å². The highest BCUT2D eigenvalue weighted by Gasteiger charge is 2.29. The van der Waals surface area contributed by atoms with E-state index in [1.807, 2.05) is 0 Å². The van der Waals surface area contributed by atoms with Gasteiger partial charge in [0.15, 0.2) is 5.75 Å². The summed E-state index contributed by atoms with van der Waals surface area (Å²) >= 11 is 0. The maximum Gasteiger partial charge on any atom is 0.325 e. The molecule has 20 heavy (non-hydrogen) atoms. The van der Waals surface area contributed by atoms with Gasteiger partial charge in [-0.2, -0.15) is 0 Å². The van der Waals surface area contributed by atoms with Gasteiger partial charge in [-0.15, -0.1) is 0 Å². The summed E-state index contributed by atoms with van der Waals surface area (Å²) in [5.74, 6) is -0.402. The Bertz CT molecular complexity index is 513. The van der Waals surface area contributed by atoms with Gasteiger partial charge in [0.25, 0.3) is 0 Å². The van der Waals surface area contributed by atoms with Crippen molar-refractivity contribution in [1.29, 1.82) is 0 Å². The number of hydrogen-bond acceptors (Lipinski definition) is 6. The van der Waals surface area contributed by atoms with Crippen molar-refractivity contribution in [2.45, 2.75) is 25.8 Å². The first-order valence-electron chi connectivity index (χ1n) is 6.03. The van der Waals surface area contributed by atoms with Crippen molar-refractivity contribution in [3.63, 3.8) is 0 Å². The molecule has 0 saturated carbocycles. The number of nitro groups is 1. The van der Waals surface area contributed by atoms with E-state index >= 15 is 0 Å². The Balaban J connectivity index is 2.72. The predicted octanol–water partition coefficient (Wildman–Crippen LogP) is 1.56. The van der Waals surface area contributed by atoms with Crippen molar-refractivity contribution in [3.05, 3.63) is 33.9 Å². The van der Waals surface area contributed by atoms with Gasteiger partial charge in [-0.05, 0) is 25.5 Å². The number of benzene rings is 1. The molecule has 0 saturated heterocycles. The second kappa shape index (κ2) is 6.33. The van der Waals surface area contributed by atoms with Gasteiger partial charge in [-0.25, -0.2) is 0 Å². The van der Waals surface area contributed by atoms with Crippen LogP contribution in [0.3, 0.4) is 0 Å². The van der Waals surface area contributed by atoms with Gasteiger partial charge in [0, 0.05) is 12.5 Å². The molecule has 0 amide bonds. The molecule has 2 N–H and O–H groups in total. The molecule has 7 heteroatoms. The lowest BCUT2D eigenvalue weighted by atomic mass is 10.0. The number of methoxy groups -OCH3 is 1. The second-order valence-corrected chi connectivity index (χ2v) is 4.74. The molecule has 0 heterocycles. The zero-order valence-electron chi connectivity index (χ0n) is 11.7. The standard InChI is InChI=1S/C13H18N2O5/c1-9-4-5-11(10(8-9)15(17)18)20-7-6-13(2,14)12(16)19-3/h4-5,8H,6-7,14H2,1-3H3. The third-order valence-electron chi connectivity index (χ3n) is 2.84. The van der Waals surface area contributed by atoms with Gasteiger partial charge >= 0.3 is 11.7 Å². The van der Waals surface area contributed by atoms with Gasteiger partial charge in [0.2, 0.25) is 0 Å². The fraction of sp³-hybridized carbons (Fsp3) is 0.462. The molecule has 0 spiro atoms. The number of carbonyl (C=O) groups is 1. The largest absolute Gasteiger partial charge is 0.487 e. The second-order valence-electron chi connectivity index (χ2n) is 4.74. The van der Waals surface area contributed by atoms with Crippen LogP contribution >= 0.6 is 0 Å². The quantitative estimate of drug-likeness (QED) is 0.482. The molecule has 0 radical (unpaired) electrons. The SMILES string of the molecule is COC(=O)C(C)(N)CCOc1ccc(C)cc1[N+](=O)[O-]. The minimum atomic E-state index is -1.19. The number of carbonyl (C=O) groups excluding carboxylic acids is 1. The van der Waals surface area contributed by atoms with E-state index in [1.165, 1.54) is 26.2 Å². The van der Waals surface area contributed by atoms with Crippen LogP contribution in [0.25, 0.3) is 0 Å². The lowest BCUT2D eigenvalue weighted by molar-refractivity contribution is -0.385. The Hall–Kier alpha value is -2.15. The molecule has 0 fully saturated rings. The third kappa shape index (κ3) is 3.92. The maximum absolute atomic E-state index is 11.4. The molecule has 7 nitrogen and oxygen atoms in total. The summed E-state index contributed by atoms with van der Waals surface area (Å²) in [6.07, 6.45) is 0.185. The summed E-state index contributed by atoms with van der Waals surface area (Å²) in [5.41, 5.74) is 5.24. The number of ether oxygens (including phenoxy) is 2. The molecule has 0 aliphatic carbocycles. The molecule has 1 rings (SSSR count). The van der Waals surface area contributed by atoms with Gasteiger partial charge in [-0.1, -0.05) is 6.07 Å². The fourth-order valence-corrected chi connectivity index (χ4v) is 1.60. The number of hydrogen-bond donors (Lipinski definition) is 1. The number of aryl methyl sites for hydroxylation is 1. The van der Waals surface area contributed by atoms with E-state index < -0.39 is 16.4 Å². The van der Waals surface area contributed by atoms with Gasteiger partial charge in [-0.3, -0.25) is 14.9 Å². The van der Waals surface area contributed by atoms with E-state index in [0.29, 0.717) is 0 Å². The molecule has 110 valence electrons. The zero-order chi connectivity index (χ0) is 15.3. The number of nitrogens with two attached hydrogens (primary N) is 1. The molecule has 1 unspecified atom stereocenters. The molecular weight excluding hydrogens is 264 g/mol. The van der Waals surface area contributed by atoms with Crippen LogP contribution in [0.4, 0.5) is 5.69 Å². The topological polar surface area (TPSA) is 105 Å². The molecule has 0 aliphatic heterocycles. The molecule has 0 bridgehead atoms. The fourth-order valence-electron chi connectivity index (χ4n) is 1.60. The van der Waals surface area contributed by atoms with Crippen molar-refractivity contribution >= 4 is 11.7 Å². The summed E-state index contributed by atoms with van der Waals surface area (Å²) in [7, 11) is 1.25. The van der Waals surface area contributed by atoms with Crippen LogP contribution in [0.2, 0.25) is 0 Å². The molecule has 1 atom stereocenters. The maximum atomic E-state index is 11.4. The van der Waals surface area contributed by atoms with E-state index in [4.69, 9.17) is 10.5 Å². The number of nitrogens with zero attached hydrogens (tertiary/aromatic N) is 1. The van der Waals surface area contributed by atoms with Crippen molar-refractivity contribution in [1.82, 2.24) is 0 Å². The monoisotopic (exact) mass is 282 g/mol. The average Bonchev–Trinajstić information content (AvgIpc) is 2.39. The Morgan fingerprint density at radius 3 is 2.70 bits per heavy atom. The van der Waals surface area contributed by atoms with Crippen LogP contribution in [-0.4, -0.2) is 30.1 Å². The molecule has 0 aliphatic rings. The minimum Gasteiger partial charge on any atom is -0.487 e. The van der Waals surface area contributed by atoms with Crippen LogP contribution < -0.4 is 10.5 Å². The summed E-state index contributed by atoms with van der Waals surface area (Å²) in [6, 6.07) is 4.67. The highest BCUT2D eigenvalue weighted by Crippen LogP contribution is 2.28. The summed E-state index contributed by atoms with van der Waals surface area (Å²) in [4.78, 5) is 21.8. The smallest absolute Gasteiger partial charge is 0.325 e. The van der Waals surface area contributed by atoms with Gasteiger partial charge in [0.05, 0.1) is 18.6 Å². The lowest BCUT2D eigenvalue weighted by Gasteiger charge is -2.21.